The lowest BCUT2D eigenvalue weighted by Crippen LogP contribution is -1.81. The first-order valence-electron chi connectivity index (χ1n) is 5.46. The summed E-state index contributed by atoms with van der Waals surface area (Å²) in [6, 6.07) is 4.07. The summed E-state index contributed by atoms with van der Waals surface area (Å²) in [4.78, 5) is 8.80. The summed E-state index contributed by atoms with van der Waals surface area (Å²) >= 11 is 1.63. The largest absolute Gasteiger partial charge is 0.391 e. The van der Waals surface area contributed by atoms with Crippen molar-refractivity contribution in [3.8, 4) is 11.1 Å². The molecule has 4 heteroatoms. The average Bonchev–Trinajstić information content (AvgIpc) is 2.83. The van der Waals surface area contributed by atoms with Crippen molar-refractivity contribution in [1.29, 1.82) is 0 Å². The molecule has 3 N–H and O–H groups in total. The van der Waals surface area contributed by atoms with Crippen molar-refractivity contribution < 1.29 is 0 Å². The number of hydrogen-bond acceptors (Lipinski definition) is 3. The Kier molecular flexibility index (Phi) is 2.19. The van der Waals surface area contributed by atoms with E-state index in [4.69, 9.17) is 5.73 Å². The summed E-state index contributed by atoms with van der Waals surface area (Å²) in [5, 5.41) is 2.04. The summed E-state index contributed by atoms with van der Waals surface area (Å²) < 4.78 is 0. The van der Waals surface area contributed by atoms with E-state index in [0.29, 0.717) is 0 Å². The Bertz CT molecular complexity index is 694. The molecule has 3 nitrogen and oxygen atoms in total. The molecule has 3 aromatic heterocycles. The topological polar surface area (TPSA) is 54.7 Å². The van der Waals surface area contributed by atoms with Gasteiger partial charge in [-0.2, -0.15) is 0 Å². The Labute approximate surface area is 103 Å². The van der Waals surface area contributed by atoms with Crippen molar-refractivity contribution in [2.45, 2.75) is 13.8 Å². The molecule has 0 radical (unpaired) electrons. The number of nitrogens with zero attached hydrogens (tertiary/aromatic N) is 1. The molecule has 17 heavy (non-hydrogen) atoms. The fraction of sp³-hybridized carbons (Fsp3) is 0.154. The van der Waals surface area contributed by atoms with Crippen LogP contribution < -0.4 is 5.73 Å². The lowest BCUT2D eigenvalue weighted by Gasteiger charge is -2.00. The van der Waals surface area contributed by atoms with E-state index in [1.54, 1.807) is 11.3 Å². The van der Waals surface area contributed by atoms with Gasteiger partial charge in [-0.25, -0.2) is 4.98 Å². The Hall–Kier alpha value is -1.81. The lowest BCUT2D eigenvalue weighted by molar-refractivity contribution is 1.31. The molecule has 0 unspecified atom stereocenters. The van der Waals surface area contributed by atoms with Gasteiger partial charge < -0.3 is 10.7 Å². The molecule has 0 aliphatic heterocycles. The molecule has 0 aliphatic carbocycles. The predicted molar refractivity (Wildman–Crippen MR) is 73.3 cm³/mol. The van der Waals surface area contributed by atoms with E-state index in [1.165, 1.54) is 27.0 Å². The summed E-state index contributed by atoms with van der Waals surface area (Å²) in [5.74, 6) is 0. The first-order chi connectivity index (χ1) is 8.16. The molecule has 0 saturated carbocycles. The number of aromatic amines is 1. The number of thiophene rings is 1. The summed E-state index contributed by atoms with van der Waals surface area (Å²) in [5.41, 5.74) is 10.4. The number of nitrogens with two attached hydrogens (primary N) is 1. The molecule has 0 spiro atoms. The molecular weight excluding hydrogens is 230 g/mol. The standard InChI is InChI=1S/C13H13N3S/c1-7-3-4-15-13-12(7)10(6-16-13)9-5-11(14)17-8(9)2/h3-6H,14H2,1-2H3,(H,15,16). The smallest absolute Gasteiger partial charge is 0.138 e. The fourth-order valence-electron chi connectivity index (χ4n) is 2.21. The molecule has 0 saturated heterocycles. The van der Waals surface area contributed by atoms with Crippen molar-refractivity contribution in [2.75, 3.05) is 5.73 Å². The minimum atomic E-state index is 0.855. The van der Waals surface area contributed by atoms with Crippen LogP contribution in [0.5, 0.6) is 0 Å². The highest BCUT2D eigenvalue weighted by molar-refractivity contribution is 7.16. The van der Waals surface area contributed by atoms with Crippen LogP contribution in [0.15, 0.2) is 24.5 Å². The van der Waals surface area contributed by atoms with Crippen LogP contribution in [0.25, 0.3) is 22.2 Å². The molecular formula is C13H13N3S. The average molecular weight is 243 g/mol. The molecule has 3 rings (SSSR count). The van der Waals surface area contributed by atoms with E-state index in [1.807, 2.05) is 24.5 Å². The molecule has 3 heterocycles. The van der Waals surface area contributed by atoms with Crippen molar-refractivity contribution in [3.05, 3.63) is 35.0 Å². The third kappa shape index (κ3) is 1.52. The number of aromatic nitrogens is 2. The number of aryl methyl sites for hydroxylation is 2. The van der Waals surface area contributed by atoms with E-state index >= 15 is 0 Å². The Morgan fingerprint density at radius 3 is 2.82 bits per heavy atom. The summed E-state index contributed by atoms with van der Waals surface area (Å²) in [6.07, 6.45) is 3.84. The van der Waals surface area contributed by atoms with Crippen LogP contribution in [0.2, 0.25) is 0 Å². The molecule has 86 valence electrons. The van der Waals surface area contributed by atoms with Crippen molar-refractivity contribution >= 4 is 27.4 Å². The van der Waals surface area contributed by atoms with Crippen molar-refractivity contribution in [1.82, 2.24) is 9.97 Å². The van der Waals surface area contributed by atoms with Crippen LogP contribution in [0, 0.1) is 13.8 Å². The highest BCUT2D eigenvalue weighted by Gasteiger charge is 2.13. The highest BCUT2D eigenvalue weighted by atomic mass is 32.1. The molecule has 0 bridgehead atoms. The lowest BCUT2D eigenvalue weighted by atomic mass is 10.0. The van der Waals surface area contributed by atoms with E-state index in [2.05, 4.69) is 23.8 Å². The maximum Gasteiger partial charge on any atom is 0.138 e. The number of nitrogens with one attached hydrogen (secondary N) is 1. The second kappa shape index (κ2) is 3.60. The second-order valence-corrected chi connectivity index (χ2v) is 5.46. The molecule has 0 fully saturated rings. The Morgan fingerprint density at radius 1 is 1.29 bits per heavy atom. The van der Waals surface area contributed by atoms with Gasteiger partial charge in [0, 0.05) is 28.2 Å². The second-order valence-electron chi connectivity index (χ2n) is 4.17. The van der Waals surface area contributed by atoms with Gasteiger partial charge in [-0.1, -0.05) is 0 Å². The molecule has 0 aliphatic rings. The zero-order valence-corrected chi connectivity index (χ0v) is 10.6. The SMILES string of the molecule is Cc1sc(N)cc1-c1c[nH]c2nccc(C)c12. The zero-order chi connectivity index (χ0) is 12.0. The first kappa shape index (κ1) is 10.4. The summed E-state index contributed by atoms with van der Waals surface area (Å²) in [6.45, 7) is 4.20. The minimum absolute atomic E-state index is 0.855. The van der Waals surface area contributed by atoms with Gasteiger partial charge in [0.05, 0.1) is 5.00 Å². The Balaban J connectivity index is 2.35. The zero-order valence-electron chi connectivity index (χ0n) is 9.74. The van der Waals surface area contributed by atoms with Gasteiger partial charge >= 0.3 is 0 Å². The van der Waals surface area contributed by atoms with Gasteiger partial charge in [0.15, 0.2) is 0 Å². The monoisotopic (exact) mass is 243 g/mol. The minimum Gasteiger partial charge on any atom is -0.391 e. The van der Waals surface area contributed by atoms with Gasteiger partial charge in [0.1, 0.15) is 5.65 Å². The maximum atomic E-state index is 5.86. The normalized spacial score (nSPS) is 11.2. The van der Waals surface area contributed by atoms with Crippen LogP contribution in [-0.4, -0.2) is 9.97 Å². The number of pyridine rings is 1. The number of anilines is 1. The van der Waals surface area contributed by atoms with Gasteiger partial charge in [0.25, 0.3) is 0 Å². The third-order valence-electron chi connectivity index (χ3n) is 3.01. The van der Waals surface area contributed by atoms with Crippen molar-refractivity contribution in [3.63, 3.8) is 0 Å². The van der Waals surface area contributed by atoms with E-state index < -0.39 is 0 Å². The highest BCUT2D eigenvalue weighted by Crippen LogP contribution is 2.37. The summed E-state index contributed by atoms with van der Waals surface area (Å²) in [7, 11) is 0. The van der Waals surface area contributed by atoms with Gasteiger partial charge in [-0.05, 0) is 37.1 Å². The number of rotatable bonds is 1. The van der Waals surface area contributed by atoms with E-state index in [0.717, 1.165) is 10.6 Å². The number of H-pyrrole nitrogens is 1. The van der Waals surface area contributed by atoms with Crippen LogP contribution >= 0.6 is 11.3 Å². The predicted octanol–water partition coefficient (Wildman–Crippen LogP) is 3.49. The van der Waals surface area contributed by atoms with Gasteiger partial charge in [0.2, 0.25) is 0 Å². The quantitative estimate of drug-likeness (QED) is 0.687. The van der Waals surface area contributed by atoms with Gasteiger partial charge in [-0.3, -0.25) is 0 Å². The number of fused-ring (bicyclic) bond motifs is 1. The molecule has 0 aromatic carbocycles. The van der Waals surface area contributed by atoms with Gasteiger partial charge in [-0.15, -0.1) is 11.3 Å². The van der Waals surface area contributed by atoms with Crippen LogP contribution in [-0.2, 0) is 0 Å². The number of nitrogen functional groups attached to an aromatic ring is 1. The maximum absolute atomic E-state index is 5.86. The Morgan fingerprint density at radius 2 is 2.12 bits per heavy atom. The third-order valence-corrected chi connectivity index (χ3v) is 3.89. The van der Waals surface area contributed by atoms with Crippen LogP contribution in [0.3, 0.4) is 0 Å². The van der Waals surface area contributed by atoms with Crippen LogP contribution in [0.4, 0.5) is 5.00 Å². The van der Waals surface area contributed by atoms with E-state index in [-0.39, 0.29) is 0 Å². The molecule has 0 amide bonds. The first-order valence-corrected chi connectivity index (χ1v) is 6.27. The van der Waals surface area contributed by atoms with Crippen molar-refractivity contribution in [2.24, 2.45) is 0 Å². The number of hydrogen-bond donors (Lipinski definition) is 2. The van der Waals surface area contributed by atoms with Crippen LogP contribution in [0.1, 0.15) is 10.4 Å². The fourth-order valence-corrected chi connectivity index (χ4v) is 3.01. The molecule has 3 aromatic rings. The van der Waals surface area contributed by atoms with E-state index in [9.17, 15) is 0 Å². The molecule has 0 atom stereocenters.